The number of rotatable bonds is 7. The van der Waals surface area contributed by atoms with Gasteiger partial charge in [0, 0.05) is 11.6 Å². The maximum atomic E-state index is 12.5. The van der Waals surface area contributed by atoms with Crippen LogP contribution < -0.4 is 15.8 Å². The molecule has 2 heterocycles. The Balaban J connectivity index is 2.03. The number of anilines is 1. The molecule has 0 saturated carbocycles. The Labute approximate surface area is 156 Å². The molecule has 2 aromatic heterocycles. The van der Waals surface area contributed by atoms with Crippen LogP contribution in [0.4, 0.5) is 5.69 Å². The van der Waals surface area contributed by atoms with E-state index in [1.807, 2.05) is 13.8 Å². The van der Waals surface area contributed by atoms with Gasteiger partial charge in [0.1, 0.15) is 5.75 Å². The molecule has 1 atom stereocenters. The maximum absolute atomic E-state index is 12.5. The molecule has 8 heteroatoms. The van der Waals surface area contributed by atoms with Crippen molar-refractivity contribution in [1.82, 2.24) is 9.97 Å². The lowest BCUT2D eigenvalue weighted by Crippen LogP contribution is -2.36. The molecule has 0 aliphatic rings. The standard InChI is InChI=1S/C19H22N4O4/c1-11(2)4-14(20)19(24)23-15-6-16(25-3)13(18-8-22-10-27-18)5-12(15)17-7-21-9-26-17/h5-11,14H,4,20H2,1-3H3,(H,23,24). The number of methoxy groups -OCH3 is 1. The largest absolute Gasteiger partial charge is 0.496 e. The summed E-state index contributed by atoms with van der Waals surface area (Å²) in [7, 11) is 1.54. The van der Waals surface area contributed by atoms with Crippen LogP contribution in [0, 0.1) is 5.92 Å². The normalized spacial score (nSPS) is 12.2. The third kappa shape index (κ3) is 4.17. The molecule has 0 radical (unpaired) electrons. The number of aromatic nitrogens is 2. The van der Waals surface area contributed by atoms with Gasteiger partial charge >= 0.3 is 0 Å². The molecule has 0 spiro atoms. The van der Waals surface area contributed by atoms with Gasteiger partial charge < -0.3 is 24.6 Å². The van der Waals surface area contributed by atoms with E-state index in [1.165, 1.54) is 12.8 Å². The zero-order chi connectivity index (χ0) is 19.4. The third-order valence-electron chi connectivity index (χ3n) is 4.06. The van der Waals surface area contributed by atoms with Crippen molar-refractivity contribution in [3.63, 3.8) is 0 Å². The number of ether oxygens (including phenoxy) is 1. The summed E-state index contributed by atoms with van der Waals surface area (Å²) in [6, 6.07) is 2.88. The molecule has 0 bridgehead atoms. The second kappa shape index (κ2) is 8.05. The molecule has 0 aliphatic carbocycles. The summed E-state index contributed by atoms with van der Waals surface area (Å²) in [4.78, 5) is 20.4. The Bertz CT molecular complexity index is 889. The van der Waals surface area contributed by atoms with Crippen molar-refractivity contribution in [2.45, 2.75) is 26.3 Å². The highest BCUT2D eigenvalue weighted by atomic mass is 16.5. The molecule has 3 N–H and O–H groups in total. The van der Waals surface area contributed by atoms with Gasteiger partial charge in [0.05, 0.1) is 36.8 Å². The van der Waals surface area contributed by atoms with E-state index in [0.29, 0.717) is 46.4 Å². The average Bonchev–Trinajstić information content (AvgIpc) is 3.34. The number of nitrogens with one attached hydrogen (secondary N) is 1. The first kappa shape index (κ1) is 18.7. The summed E-state index contributed by atoms with van der Waals surface area (Å²) in [6.07, 6.45) is 6.39. The fourth-order valence-electron chi connectivity index (χ4n) is 2.79. The molecule has 142 valence electrons. The molecule has 1 unspecified atom stereocenters. The van der Waals surface area contributed by atoms with Crippen molar-refractivity contribution in [2.75, 3.05) is 12.4 Å². The van der Waals surface area contributed by atoms with Gasteiger partial charge in [0.2, 0.25) is 5.91 Å². The quantitative estimate of drug-likeness (QED) is 0.655. The lowest BCUT2D eigenvalue weighted by atomic mass is 10.0. The van der Waals surface area contributed by atoms with Gasteiger partial charge in [0.25, 0.3) is 0 Å². The van der Waals surface area contributed by atoms with Crippen LogP contribution in [-0.2, 0) is 4.79 Å². The number of oxazole rings is 2. The number of hydrogen-bond donors (Lipinski definition) is 2. The van der Waals surface area contributed by atoms with Crippen molar-refractivity contribution in [1.29, 1.82) is 0 Å². The third-order valence-corrected chi connectivity index (χ3v) is 4.06. The Morgan fingerprint density at radius 2 is 1.78 bits per heavy atom. The number of benzene rings is 1. The van der Waals surface area contributed by atoms with Crippen LogP contribution in [0.25, 0.3) is 22.6 Å². The number of carbonyl (C=O) groups is 1. The zero-order valence-corrected chi connectivity index (χ0v) is 15.4. The van der Waals surface area contributed by atoms with Crippen molar-refractivity contribution >= 4 is 11.6 Å². The molecule has 1 aromatic carbocycles. The number of carbonyl (C=O) groups excluding carboxylic acids is 1. The highest BCUT2D eigenvalue weighted by molar-refractivity contribution is 5.99. The smallest absolute Gasteiger partial charge is 0.241 e. The SMILES string of the molecule is COc1cc(NC(=O)C(N)CC(C)C)c(-c2cnco2)cc1-c1cnco1. The van der Waals surface area contributed by atoms with Crippen molar-refractivity contribution in [3.8, 4) is 28.4 Å². The molecule has 0 saturated heterocycles. The summed E-state index contributed by atoms with van der Waals surface area (Å²) in [6.45, 7) is 4.03. The first-order valence-corrected chi connectivity index (χ1v) is 8.55. The summed E-state index contributed by atoms with van der Waals surface area (Å²) in [5, 5.41) is 2.87. The van der Waals surface area contributed by atoms with Crippen LogP contribution in [0.5, 0.6) is 5.75 Å². The van der Waals surface area contributed by atoms with Crippen molar-refractivity contribution < 1.29 is 18.4 Å². The van der Waals surface area contributed by atoms with E-state index in [9.17, 15) is 4.79 Å². The fourth-order valence-corrected chi connectivity index (χ4v) is 2.79. The fraction of sp³-hybridized carbons (Fsp3) is 0.316. The van der Waals surface area contributed by atoms with E-state index < -0.39 is 6.04 Å². The van der Waals surface area contributed by atoms with Crippen molar-refractivity contribution in [3.05, 3.63) is 37.3 Å². The highest BCUT2D eigenvalue weighted by Gasteiger charge is 2.21. The van der Waals surface area contributed by atoms with Crippen LogP contribution in [-0.4, -0.2) is 29.0 Å². The highest BCUT2D eigenvalue weighted by Crippen LogP contribution is 2.39. The number of hydrogen-bond acceptors (Lipinski definition) is 7. The predicted molar refractivity (Wildman–Crippen MR) is 100 cm³/mol. The average molecular weight is 370 g/mol. The minimum atomic E-state index is -0.618. The van der Waals surface area contributed by atoms with Gasteiger partial charge in [-0.2, -0.15) is 0 Å². The molecular formula is C19H22N4O4. The Hall–Kier alpha value is -3.13. The molecule has 3 aromatic rings. The molecule has 3 rings (SSSR count). The van der Waals surface area contributed by atoms with Gasteiger partial charge in [-0.15, -0.1) is 0 Å². The van der Waals surface area contributed by atoms with Crippen LogP contribution >= 0.6 is 0 Å². The van der Waals surface area contributed by atoms with E-state index in [-0.39, 0.29) is 5.91 Å². The number of amides is 1. The van der Waals surface area contributed by atoms with Gasteiger partial charge in [-0.25, -0.2) is 9.97 Å². The van der Waals surface area contributed by atoms with Gasteiger partial charge in [-0.05, 0) is 18.4 Å². The molecule has 0 fully saturated rings. The molecular weight excluding hydrogens is 348 g/mol. The summed E-state index contributed by atoms with van der Waals surface area (Å²) >= 11 is 0. The summed E-state index contributed by atoms with van der Waals surface area (Å²) < 4.78 is 16.3. The number of nitrogens with zero attached hydrogens (tertiary/aromatic N) is 2. The zero-order valence-electron chi connectivity index (χ0n) is 15.4. The second-order valence-corrected chi connectivity index (χ2v) is 6.55. The van der Waals surface area contributed by atoms with Gasteiger partial charge in [0.15, 0.2) is 24.3 Å². The second-order valence-electron chi connectivity index (χ2n) is 6.55. The minimum absolute atomic E-state index is 0.279. The van der Waals surface area contributed by atoms with Crippen LogP contribution in [0.2, 0.25) is 0 Å². The van der Waals surface area contributed by atoms with E-state index in [4.69, 9.17) is 19.3 Å². The van der Waals surface area contributed by atoms with E-state index in [1.54, 1.807) is 31.6 Å². The predicted octanol–water partition coefficient (Wildman–Crippen LogP) is 3.32. The minimum Gasteiger partial charge on any atom is -0.496 e. The Kier molecular flexibility index (Phi) is 5.56. The van der Waals surface area contributed by atoms with Crippen LogP contribution in [0.1, 0.15) is 20.3 Å². The topological polar surface area (TPSA) is 116 Å². The number of nitrogens with two attached hydrogens (primary N) is 1. The van der Waals surface area contributed by atoms with E-state index in [2.05, 4.69) is 15.3 Å². The molecule has 1 amide bonds. The molecule has 0 aliphatic heterocycles. The first-order chi connectivity index (χ1) is 13.0. The summed E-state index contributed by atoms with van der Waals surface area (Å²) in [5.41, 5.74) is 7.82. The maximum Gasteiger partial charge on any atom is 0.241 e. The molecule has 27 heavy (non-hydrogen) atoms. The Morgan fingerprint density at radius 3 is 2.30 bits per heavy atom. The van der Waals surface area contributed by atoms with Crippen molar-refractivity contribution in [2.24, 2.45) is 11.7 Å². The van der Waals surface area contributed by atoms with Crippen LogP contribution in [0.3, 0.4) is 0 Å². The van der Waals surface area contributed by atoms with E-state index in [0.717, 1.165) is 0 Å². The van der Waals surface area contributed by atoms with E-state index >= 15 is 0 Å². The summed E-state index contributed by atoms with van der Waals surface area (Å²) in [5.74, 6) is 1.57. The lowest BCUT2D eigenvalue weighted by Gasteiger charge is -2.17. The first-order valence-electron chi connectivity index (χ1n) is 8.55. The lowest BCUT2D eigenvalue weighted by molar-refractivity contribution is -0.117. The van der Waals surface area contributed by atoms with Crippen LogP contribution in [0.15, 0.2) is 46.1 Å². The van der Waals surface area contributed by atoms with Gasteiger partial charge in [-0.1, -0.05) is 13.8 Å². The monoisotopic (exact) mass is 370 g/mol. The molecule has 8 nitrogen and oxygen atoms in total. The Morgan fingerprint density at radius 1 is 1.15 bits per heavy atom. The van der Waals surface area contributed by atoms with Gasteiger partial charge in [-0.3, -0.25) is 4.79 Å².